The molecule has 0 aliphatic rings. The van der Waals surface area contributed by atoms with Gasteiger partial charge in [-0.2, -0.15) is 0 Å². The van der Waals surface area contributed by atoms with Crippen molar-refractivity contribution in [2.45, 2.75) is 40.5 Å². The van der Waals surface area contributed by atoms with Gasteiger partial charge in [0, 0.05) is 6.08 Å². The second-order valence-electron chi connectivity index (χ2n) is 4.67. The lowest BCUT2D eigenvalue weighted by molar-refractivity contribution is -0.134. The van der Waals surface area contributed by atoms with Gasteiger partial charge in [-0.1, -0.05) is 30.7 Å². The van der Waals surface area contributed by atoms with E-state index in [1.54, 1.807) is 0 Å². The van der Waals surface area contributed by atoms with E-state index in [2.05, 4.69) is 37.7 Å². The number of allylic oxidation sites excluding steroid dienone is 5. The molecule has 0 amide bonds. The van der Waals surface area contributed by atoms with Gasteiger partial charge < -0.3 is 4.74 Å². The number of carbonyl (C=O) groups excluding carboxylic acids is 1. The number of rotatable bonds is 6. The summed E-state index contributed by atoms with van der Waals surface area (Å²) in [4.78, 5) is 11.0. The zero-order valence-electron chi connectivity index (χ0n) is 11.6. The molecule has 0 bridgehead atoms. The molecule has 0 aromatic carbocycles. The molecule has 0 aliphatic heterocycles. The van der Waals surface area contributed by atoms with Crippen LogP contribution in [0.1, 0.15) is 40.5 Å². The summed E-state index contributed by atoms with van der Waals surface area (Å²) < 4.78 is 4.56. The molecule has 0 spiro atoms. The van der Waals surface area contributed by atoms with Crippen LogP contribution in [-0.4, -0.2) is 13.1 Å². The molecule has 0 rings (SSSR count). The van der Waals surface area contributed by atoms with E-state index < -0.39 is 0 Å². The molecular weight excluding hydrogens is 212 g/mol. The summed E-state index contributed by atoms with van der Waals surface area (Å²) in [5, 5.41) is 0. The third-order valence-corrected chi connectivity index (χ3v) is 2.39. The molecule has 0 saturated heterocycles. The summed E-state index contributed by atoms with van der Waals surface area (Å²) in [5.41, 5.74) is 2.29. The van der Waals surface area contributed by atoms with Crippen LogP contribution >= 0.6 is 0 Å². The maximum Gasteiger partial charge on any atom is 0.330 e. The molecule has 0 radical (unpaired) electrons. The first kappa shape index (κ1) is 15.7. The average Bonchev–Trinajstić information content (AvgIpc) is 2.26. The highest BCUT2D eigenvalue weighted by Crippen LogP contribution is 2.11. The molecule has 1 unspecified atom stereocenters. The predicted octanol–water partition coefficient (Wildman–Crippen LogP) is 4.04. The molecular formula is C15H24O2. The number of esters is 1. The highest BCUT2D eigenvalue weighted by atomic mass is 16.5. The Bertz CT molecular complexity index is 318. The second-order valence-corrected chi connectivity index (χ2v) is 4.67. The first-order valence-electron chi connectivity index (χ1n) is 6.01. The van der Waals surface area contributed by atoms with Crippen molar-refractivity contribution in [1.29, 1.82) is 0 Å². The van der Waals surface area contributed by atoms with Crippen molar-refractivity contribution in [3.05, 3.63) is 35.5 Å². The van der Waals surface area contributed by atoms with Crippen LogP contribution in [0.15, 0.2) is 35.5 Å². The van der Waals surface area contributed by atoms with Crippen LogP contribution < -0.4 is 0 Å². The molecule has 0 heterocycles. The Morgan fingerprint density at radius 3 is 2.41 bits per heavy atom. The summed E-state index contributed by atoms with van der Waals surface area (Å²) in [6, 6.07) is 0. The molecule has 96 valence electrons. The number of hydrogen-bond donors (Lipinski definition) is 0. The van der Waals surface area contributed by atoms with Gasteiger partial charge in [-0.05, 0) is 45.1 Å². The van der Waals surface area contributed by atoms with E-state index in [9.17, 15) is 4.79 Å². The van der Waals surface area contributed by atoms with Crippen molar-refractivity contribution in [1.82, 2.24) is 0 Å². The van der Waals surface area contributed by atoms with Crippen molar-refractivity contribution < 1.29 is 9.53 Å². The highest BCUT2D eigenvalue weighted by molar-refractivity contribution is 5.83. The summed E-state index contributed by atoms with van der Waals surface area (Å²) >= 11 is 0. The van der Waals surface area contributed by atoms with Gasteiger partial charge in [0.15, 0.2) is 0 Å². The van der Waals surface area contributed by atoms with Gasteiger partial charge in [-0.15, -0.1) is 0 Å². The molecule has 0 aliphatic carbocycles. The smallest absolute Gasteiger partial charge is 0.330 e. The van der Waals surface area contributed by atoms with Crippen LogP contribution in [0.3, 0.4) is 0 Å². The molecule has 0 fully saturated rings. The van der Waals surface area contributed by atoms with Crippen LogP contribution in [-0.2, 0) is 9.53 Å². The lowest BCUT2D eigenvalue weighted by Crippen LogP contribution is -1.95. The Morgan fingerprint density at radius 1 is 1.24 bits per heavy atom. The number of carbonyl (C=O) groups is 1. The lowest BCUT2D eigenvalue weighted by Gasteiger charge is -2.04. The predicted molar refractivity (Wildman–Crippen MR) is 72.7 cm³/mol. The average molecular weight is 236 g/mol. The minimum atomic E-state index is -0.301. The Hall–Kier alpha value is -1.31. The summed E-state index contributed by atoms with van der Waals surface area (Å²) in [5.74, 6) is 0.330. The van der Waals surface area contributed by atoms with Gasteiger partial charge in [0.1, 0.15) is 0 Å². The quantitative estimate of drug-likeness (QED) is 0.301. The molecule has 1 atom stereocenters. The number of hydrogen-bond acceptors (Lipinski definition) is 2. The Labute approximate surface area is 105 Å². The van der Waals surface area contributed by atoms with E-state index in [0.717, 1.165) is 18.4 Å². The summed E-state index contributed by atoms with van der Waals surface area (Å²) in [6.45, 7) is 8.36. The van der Waals surface area contributed by atoms with Crippen LogP contribution in [0.25, 0.3) is 0 Å². The van der Waals surface area contributed by atoms with Gasteiger partial charge in [0.25, 0.3) is 0 Å². The van der Waals surface area contributed by atoms with Gasteiger partial charge in [0.05, 0.1) is 7.11 Å². The normalized spacial score (nSPS) is 13.6. The number of ether oxygens (including phenoxy) is 1. The van der Waals surface area contributed by atoms with Crippen LogP contribution in [0.4, 0.5) is 0 Å². The van der Waals surface area contributed by atoms with Gasteiger partial charge in [0.2, 0.25) is 0 Å². The highest BCUT2D eigenvalue weighted by Gasteiger charge is 1.97. The minimum Gasteiger partial charge on any atom is -0.466 e. The van der Waals surface area contributed by atoms with Crippen LogP contribution in [0, 0.1) is 5.92 Å². The van der Waals surface area contributed by atoms with E-state index in [-0.39, 0.29) is 5.97 Å². The SMILES string of the molecule is COC(=O)/C=C(C)/C=C/CC(C)CC=C(C)C. The van der Waals surface area contributed by atoms with E-state index in [4.69, 9.17) is 0 Å². The van der Waals surface area contributed by atoms with Crippen molar-refractivity contribution in [2.24, 2.45) is 5.92 Å². The standard InChI is InChI=1S/C15H24O2/c1-12(2)9-10-13(3)7-6-8-14(4)11-15(16)17-5/h6,8-9,11,13H,7,10H2,1-5H3/b8-6+,14-11+. The molecule has 0 aromatic rings. The monoisotopic (exact) mass is 236 g/mol. The van der Waals surface area contributed by atoms with E-state index in [1.165, 1.54) is 18.8 Å². The fourth-order valence-corrected chi connectivity index (χ4v) is 1.31. The molecule has 0 aromatic heterocycles. The van der Waals surface area contributed by atoms with Gasteiger partial charge in [-0.25, -0.2) is 4.79 Å². The fraction of sp³-hybridized carbons (Fsp3) is 0.533. The van der Waals surface area contributed by atoms with Gasteiger partial charge >= 0.3 is 5.97 Å². The van der Waals surface area contributed by atoms with Crippen molar-refractivity contribution >= 4 is 5.97 Å². The van der Waals surface area contributed by atoms with E-state index >= 15 is 0 Å². The zero-order chi connectivity index (χ0) is 13.3. The number of methoxy groups -OCH3 is 1. The maximum atomic E-state index is 11.0. The summed E-state index contributed by atoms with van der Waals surface area (Å²) in [6.07, 6.45) is 9.96. The zero-order valence-corrected chi connectivity index (χ0v) is 11.6. The largest absolute Gasteiger partial charge is 0.466 e. The molecule has 17 heavy (non-hydrogen) atoms. The second kappa shape index (κ2) is 8.80. The van der Waals surface area contributed by atoms with E-state index in [1.807, 2.05) is 13.0 Å². The van der Waals surface area contributed by atoms with Crippen LogP contribution in [0.2, 0.25) is 0 Å². The van der Waals surface area contributed by atoms with Crippen molar-refractivity contribution in [3.63, 3.8) is 0 Å². The lowest BCUT2D eigenvalue weighted by atomic mass is 10.0. The Balaban J connectivity index is 4.06. The Morgan fingerprint density at radius 2 is 1.88 bits per heavy atom. The third-order valence-electron chi connectivity index (χ3n) is 2.39. The molecule has 0 saturated carbocycles. The van der Waals surface area contributed by atoms with Crippen molar-refractivity contribution in [3.8, 4) is 0 Å². The topological polar surface area (TPSA) is 26.3 Å². The molecule has 0 N–H and O–H groups in total. The fourth-order valence-electron chi connectivity index (χ4n) is 1.31. The Kier molecular flexibility index (Phi) is 8.12. The summed E-state index contributed by atoms with van der Waals surface area (Å²) in [7, 11) is 1.39. The maximum absolute atomic E-state index is 11.0. The van der Waals surface area contributed by atoms with Gasteiger partial charge in [-0.3, -0.25) is 0 Å². The third kappa shape index (κ3) is 9.61. The van der Waals surface area contributed by atoms with Crippen LogP contribution in [0.5, 0.6) is 0 Å². The van der Waals surface area contributed by atoms with E-state index in [0.29, 0.717) is 5.92 Å². The van der Waals surface area contributed by atoms with Crippen molar-refractivity contribution in [2.75, 3.05) is 7.11 Å². The first-order chi connectivity index (χ1) is 7.95. The molecule has 2 heteroatoms. The minimum absolute atomic E-state index is 0.301. The first-order valence-corrected chi connectivity index (χ1v) is 6.01. The molecule has 2 nitrogen and oxygen atoms in total.